The highest BCUT2D eigenvalue weighted by molar-refractivity contribution is 6.09. The number of nitrogens with zero attached hydrogens (tertiary/aromatic N) is 2. The zero-order valence-corrected chi connectivity index (χ0v) is 28.3. The van der Waals surface area contributed by atoms with E-state index >= 15 is 0 Å². The molecule has 8 rings (SSSR count). The van der Waals surface area contributed by atoms with E-state index in [0.29, 0.717) is 5.82 Å². The van der Waals surface area contributed by atoms with Gasteiger partial charge >= 0.3 is 0 Å². The summed E-state index contributed by atoms with van der Waals surface area (Å²) in [6.45, 7) is 6.33. The van der Waals surface area contributed by atoms with Crippen molar-refractivity contribution in [2.45, 2.75) is 6.92 Å². The minimum Gasteiger partial charge on any atom is -0.455 e. The van der Waals surface area contributed by atoms with Crippen LogP contribution in [-0.4, -0.2) is 9.97 Å². The maximum Gasteiger partial charge on any atom is 0.160 e. The van der Waals surface area contributed by atoms with Crippen LogP contribution in [0.5, 0.6) is 0 Å². The molecule has 4 heteroatoms. The summed E-state index contributed by atoms with van der Waals surface area (Å²) < 4.78 is 6.34. The van der Waals surface area contributed by atoms with Crippen molar-refractivity contribution in [2.24, 2.45) is 0 Å². The van der Waals surface area contributed by atoms with Gasteiger partial charge in [-0.15, -0.1) is 0 Å². The molecule has 2 aromatic heterocycles. The largest absolute Gasteiger partial charge is 0.455 e. The van der Waals surface area contributed by atoms with Gasteiger partial charge in [0.05, 0.1) is 11.4 Å². The molecule has 2 heterocycles. The smallest absolute Gasteiger partial charge is 0.160 e. The molecule has 0 bridgehead atoms. The summed E-state index contributed by atoms with van der Waals surface area (Å²) in [6, 6.07) is 51.8. The fraction of sp³-hybridized carbons (Fsp3) is 0.0213. The number of para-hydroxylation sites is 4. The molecule has 0 amide bonds. The Balaban J connectivity index is 1.19. The Kier molecular flexibility index (Phi) is 8.63. The average Bonchev–Trinajstić information content (AvgIpc) is 3.58. The molecule has 0 saturated carbocycles. The van der Waals surface area contributed by atoms with E-state index in [1.807, 2.05) is 91.9 Å². The van der Waals surface area contributed by atoms with Gasteiger partial charge in [0.15, 0.2) is 5.82 Å². The summed E-state index contributed by atoms with van der Waals surface area (Å²) in [6.07, 6.45) is 8.03. The van der Waals surface area contributed by atoms with E-state index in [4.69, 9.17) is 14.4 Å². The van der Waals surface area contributed by atoms with E-state index in [2.05, 4.69) is 103 Å². The van der Waals surface area contributed by atoms with Gasteiger partial charge in [0.2, 0.25) is 0 Å². The second-order valence-electron chi connectivity index (χ2n) is 12.3. The maximum absolute atomic E-state index is 6.34. The molecule has 0 aliphatic rings. The highest BCUT2D eigenvalue weighted by Gasteiger charge is 2.16. The van der Waals surface area contributed by atoms with Gasteiger partial charge in [-0.3, -0.25) is 0 Å². The van der Waals surface area contributed by atoms with E-state index < -0.39 is 0 Å². The third-order valence-electron chi connectivity index (χ3n) is 9.00. The fourth-order valence-corrected chi connectivity index (χ4v) is 6.45. The summed E-state index contributed by atoms with van der Waals surface area (Å²) in [5.41, 5.74) is 12.3. The van der Waals surface area contributed by atoms with Gasteiger partial charge in [-0.05, 0) is 42.3 Å². The zero-order chi connectivity index (χ0) is 34.6. The summed E-state index contributed by atoms with van der Waals surface area (Å²) >= 11 is 0. The summed E-state index contributed by atoms with van der Waals surface area (Å²) in [4.78, 5) is 10.3. The van der Waals surface area contributed by atoms with Crippen molar-refractivity contribution in [3.63, 3.8) is 0 Å². The third kappa shape index (κ3) is 6.39. The normalized spacial score (nSPS) is 11.5. The minimum absolute atomic E-state index is 0.651. The van der Waals surface area contributed by atoms with Crippen molar-refractivity contribution in [2.75, 3.05) is 5.32 Å². The van der Waals surface area contributed by atoms with Crippen LogP contribution in [0.4, 0.5) is 11.4 Å². The number of benzene rings is 6. The molecular weight excluding hydrogens is 623 g/mol. The number of hydrogen-bond acceptors (Lipinski definition) is 4. The van der Waals surface area contributed by atoms with Crippen molar-refractivity contribution in [3.8, 4) is 45.0 Å². The van der Waals surface area contributed by atoms with Gasteiger partial charge in [0.25, 0.3) is 0 Å². The molecule has 0 radical (unpaired) electrons. The Hall–Kier alpha value is -6.78. The van der Waals surface area contributed by atoms with Gasteiger partial charge in [0.1, 0.15) is 11.2 Å². The quantitative estimate of drug-likeness (QED) is 0.157. The van der Waals surface area contributed by atoms with E-state index in [1.165, 1.54) is 0 Å². The van der Waals surface area contributed by atoms with Crippen LogP contribution < -0.4 is 5.32 Å². The molecule has 6 aromatic carbocycles. The Labute approximate surface area is 297 Å². The summed E-state index contributed by atoms with van der Waals surface area (Å²) in [5, 5.41) is 5.93. The molecule has 0 fully saturated rings. The van der Waals surface area contributed by atoms with Crippen LogP contribution in [0.25, 0.3) is 72.5 Å². The monoisotopic (exact) mass is 657 g/mol. The number of aromatic nitrogens is 2. The van der Waals surface area contributed by atoms with Crippen LogP contribution in [0.15, 0.2) is 187 Å². The minimum atomic E-state index is 0.651. The molecule has 4 nitrogen and oxygen atoms in total. The second kappa shape index (κ2) is 14.0. The number of fused-ring (bicyclic) bond motifs is 3. The first-order valence-corrected chi connectivity index (χ1v) is 17.1. The van der Waals surface area contributed by atoms with Crippen molar-refractivity contribution < 1.29 is 4.42 Å². The first-order chi connectivity index (χ1) is 25.2. The van der Waals surface area contributed by atoms with Crippen LogP contribution in [0.1, 0.15) is 12.5 Å². The number of rotatable bonds is 9. The molecule has 51 heavy (non-hydrogen) atoms. The predicted octanol–water partition coefficient (Wildman–Crippen LogP) is 12.9. The molecular formula is C47H35N3O. The van der Waals surface area contributed by atoms with Gasteiger partial charge in [-0.2, -0.15) is 0 Å². The van der Waals surface area contributed by atoms with Crippen LogP contribution >= 0.6 is 0 Å². The number of hydrogen-bond donors (Lipinski definition) is 1. The van der Waals surface area contributed by atoms with E-state index in [-0.39, 0.29) is 0 Å². The lowest BCUT2D eigenvalue weighted by Gasteiger charge is -2.16. The topological polar surface area (TPSA) is 51.0 Å². The average molecular weight is 658 g/mol. The highest BCUT2D eigenvalue weighted by Crippen LogP contribution is 2.38. The maximum atomic E-state index is 6.34. The van der Waals surface area contributed by atoms with Gasteiger partial charge in [0, 0.05) is 50.0 Å². The second-order valence-corrected chi connectivity index (χ2v) is 12.3. The van der Waals surface area contributed by atoms with Gasteiger partial charge in [-0.25, -0.2) is 9.97 Å². The molecule has 0 spiro atoms. The lowest BCUT2D eigenvalue weighted by Crippen LogP contribution is -2.00. The van der Waals surface area contributed by atoms with Crippen molar-refractivity contribution in [3.05, 3.63) is 188 Å². The van der Waals surface area contributed by atoms with Crippen LogP contribution in [-0.2, 0) is 0 Å². The van der Waals surface area contributed by atoms with Crippen LogP contribution in [0.3, 0.4) is 0 Å². The van der Waals surface area contributed by atoms with Crippen LogP contribution in [0.2, 0.25) is 0 Å². The standard InChI is InChI=1S/C47H35N3O/c1-3-4-6-16-32(2)36-19-9-12-24-41(36)48-42-25-13-10-21-40(42)44-31-43(34-17-7-5-8-18-34)49-47(50-44)35-29-27-33(28-30-35)37-22-15-23-39-38-20-11-14-26-45(38)51-46(37)39/h3-31,48H,2H2,1H3/b4-3-,16-6-. The van der Waals surface area contributed by atoms with E-state index in [0.717, 1.165) is 83.7 Å². The Morgan fingerprint density at radius 1 is 0.588 bits per heavy atom. The first-order valence-electron chi connectivity index (χ1n) is 17.1. The zero-order valence-electron chi connectivity index (χ0n) is 28.3. The van der Waals surface area contributed by atoms with Crippen molar-refractivity contribution in [1.29, 1.82) is 0 Å². The number of allylic oxidation sites excluding steroid dienone is 5. The molecule has 0 aliphatic carbocycles. The van der Waals surface area contributed by atoms with Gasteiger partial charge in [-0.1, -0.05) is 158 Å². The Morgan fingerprint density at radius 2 is 1.25 bits per heavy atom. The van der Waals surface area contributed by atoms with Crippen LogP contribution in [0, 0.1) is 0 Å². The number of anilines is 2. The van der Waals surface area contributed by atoms with E-state index in [9.17, 15) is 0 Å². The SMILES string of the molecule is C=C(/C=C\C=C/C)c1ccccc1Nc1ccccc1-c1cc(-c2ccccc2)nc(-c2ccc(-c3cccc4c3oc3ccccc34)cc2)n1. The number of nitrogens with one attached hydrogen (secondary N) is 1. The lowest BCUT2D eigenvalue weighted by molar-refractivity contribution is 0.670. The number of furan rings is 1. The van der Waals surface area contributed by atoms with Crippen molar-refractivity contribution >= 4 is 38.9 Å². The molecule has 0 saturated heterocycles. The van der Waals surface area contributed by atoms with Crippen molar-refractivity contribution in [1.82, 2.24) is 9.97 Å². The molecule has 0 unspecified atom stereocenters. The molecule has 1 N–H and O–H groups in total. The first kappa shape index (κ1) is 31.5. The summed E-state index contributed by atoms with van der Waals surface area (Å²) in [7, 11) is 0. The highest BCUT2D eigenvalue weighted by atomic mass is 16.3. The Bertz CT molecular complexity index is 2580. The molecule has 0 aliphatic heterocycles. The fourth-order valence-electron chi connectivity index (χ4n) is 6.45. The third-order valence-corrected chi connectivity index (χ3v) is 9.00. The summed E-state index contributed by atoms with van der Waals surface area (Å²) in [5.74, 6) is 0.651. The molecule has 244 valence electrons. The predicted molar refractivity (Wildman–Crippen MR) is 214 cm³/mol. The lowest BCUT2D eigenvalue weighted by atomic mass is 10.0. The Morgan fingerprint density at radius 3 is 2.10 bits per heavy atom. The van der Waals surface area contributed by atoms with E-state index in [1.54, 1.807) is 0 Å². The molecule has 0 atom stereocenters. The molecule has 8 aromatic rings. The van der Waals surface area contributed by atoms with Gasteiger partial charge < -0.3 is 9.73 Å².